The third kappa shape index (κ3) is 2.94. The Morgan fingerprint density at radius 3 is 2.29 bits per heavy atom. The van der Waals surface area contributed by atoms with Crippen LogP contribution in [-0.4, -0.2) is 23.9 Å². The Hall–Kier alpha value is -1.84. The Bertz CT molecular complexity index is 548. The summed E-state index contributed by atoms with van der Waals surface area (Å²) in [6.45, 7) is 9.81. The Morgan fingerprint density at radius 1 is 1.19 bits per heavy atom. The quantitative estimate of drug-likeness (QED) is 0.929. The van der Waals surface area contributed by atoms with Gasteiger partial charge in [-0.25, -0.2) is 0 Å². The number of anilines is 1. The number of benzene rings is 1. The molecule has 0 aliphatic carbocycles. The summed E-state index contributed by atoms with van der Waals surface area (Å²) < 4.78 is 0. The first-order valence-electron chi connectivity index (χ1n) is 7.57. The zero-order valence-corrected chi connectivity index (χ0v) is 13.4. The van der Waals surface area contributed by atoms with Crippen molar-refractivity contribution >= 4 is 17.5 Å². The van der Waals surface area contributed by atoms with Crippen LogP contribution in [0.1, 0.15) is 38.3 Å². The van der Waals surface area contributed by atoms with Crippen molar-refractivity contribution in [1.82, 2.24) is 5.32 Å². The van der Waals surface area contributed by atoms with Crippen LogP contribution >= 0.6 is 0 Å². The average molecular weight is 288 g/mol. The summed E-state index contributed by atoms with van der Waals surface area (Å²) >= 11 is 0. The van der Waals surface area contributed by atoms with E-state index < -0.39 is 12.1 Å². The highest BCUT2D eigenvalue weighted by molar-refractivity contribution is 6.08. The highest BCUT2D eigenvalue weighted by atomic mass is 16.2. The third-order valence-electron chi connectivity index (χ3n) is 4.27. The monoisotopic (exact) mass is 288 g/mol. The molecule has 0 radical (unpaired) electrons. The largest absolute Gasteiger partial charge is 0.342 e. The van der Waals surface area contributed by atoms with Gasteiger partial charge in [-0.15, -0.1) is 0 Å². The van der Waals surface area contributed by atoms with Crippen LogP contribution in [0.3, 0.4) is 0 Å². The molecule has 1 aromatic carbocycles. The molecule has 0 aromatic heterocycles. The predicted octanol–water partition coefficient (Wildman–Crippen LogP) is 2.57. The van der Waals surface area contributed by atoms with E-state index in [2.05, 4.69) is 11.4 Å². The summed E-state index contributed by atoms with van der Waals surface area (Å²) in [7, 11) is 0. The molecule has 3 unspecified atom stereocenters. The number of amides is 2. The van der Waals surface area contributed by atoms with E-state index in [4.69, 9.17) is 0 Å². The van der Waals surface area contributed by atoms with Crippen LogP contribution in [-0.2, 0) is 9.59 Å². The lowest BCUT2D eigenvalue weighted by atomic mass is 9.94. The Labute approximate surface area is 126 Å². The maximum absolute atomic E-state index is 12.8. The van der Waals surface area contributed by atoms with Crippen LogP contribution in [0.15, 0.2) is 18.2 Å². The van der Waals surface area contributed by atoms with Crippen molar-refractivity contribution in [2.75, 3.05) is 4.90 Å². The van der Waals surface area contributed by atoms with Crippen molar-refractivity contribution in [1.29, 1.82) is 0 Å². The number of aryl methyl sites for hydroxylation is 2. The van der Waals surface area contributed by atoms with Gasteiger partial charge in [-0.1, -0.05) is 26.3 Å². The zero-order valence-electron chi connectivity index (χ0n) is 13.4. The van der Waals surface area contributed by atoms with E-state index >= 15 is 0 Å². The summed E-state index contributed by atoms with van der Waals surface area (Å²) in [4.78, 5) is 26.7. The number of hydrogen-bond acceptors (Lipinski definition) is 2. The first-order chi connectivity index (χ1) is 9.85. The van der Waals surface area contributed by atoms with Crippen LogP contribution < -0.4 is 10.2 Å². The molecule has 4 nitrogen and oxygen atoms in total. The molecular weight excluding hydrogens is 264 g/mol. The van der Waals surface area contributed by atoms with E-state index in [0.717, 1.165) is 23.2 Å². The predicted molar refractivity (Wildman–Crippen MR) is 84.2 cm³/mol. The topological polar surface area (TPSA) is 49.4 Å². The van der Waals surface area contributed by atoms with Gasteiger partial charge in [0.15, 0.2) is 0 Å². The number of carbonyl (C=O) groups is 2. The molecule has 3 atom stereocenters. The van der Waals surface area contributed by atoms with Gasteiger partial charge in [-0.05, 0) is 49.9 Å². The van der Waals surface area contributed by atoms with Crippen molar-refractivity contribution in [2.24, 2.45) is 5.92 Å². The SMILES string of the molecule is CCC(C)C1NC(=O)C(C)N(c2cc(C)cc(C)c2)C1=O. The first kappa shape index (κ1) is 15.5. The summed E-state index contributed by atoms with van der Waals surface area (Å²) in [5, 5.41) is 2.87. The van der Waals surface area contributed by atoms with Crippen molar-refractivity contribution in [2.45, 2.75) is 53.1 Å². The maximum Gasteiger partial charge on any atom is 0.250 e. The van der Waals surface area contributed by atoms with E-state index in [1.807, 2.05) is 39.8 Å². The van der Waals surface area contributed by atoms with E-state index in [0.29, 0.717) is 0 Å². The summed E-state index contributed by atoms with van der Waals surface area (Å²) in [6, 6.07) is 5.09. The fourth-order valence-electron chi connectivity index (χ4n) is 2.86. The molecule has 1 heterocycles. The minimum atomic E-state index is -0.473. The molecule has 0 spiro atoms. The molecule has 1 saturated heterocycles. The molecule has 2 rings (SSSR count). The molecule has 1 aliphatic rings. The highest BCUT2D eigenvalue weighted by Crippen LogP contribution is 2.26. The van der Waals surface area contributed by atoms with Gasteiger partial charge in [0, 0.05) is 5.69 Å². The summed E-state index contributed by atoms with van der Waals surface area (Å²) in [6.07, 6.45) is 0.853. The van der Waals surface area contributed by atoms with E-state index in [9.17, 15) is 9.59 Å². The minimum Gasteiger partial charge on any atom is -0.342 e. The fraction of sp³-hybridized carbons (Fsp3) is 0.529. The Morgan fingerprint density at radius 2 is 1.76 bits per heavy atom. The fourth-order valence-corrected chi connectivity index (χ4v) is 2.86. The summed E-state index contributed by atoms with van der Waals surface area (Å²) in [5.74, 6) is 0.0304. The molecule has 2 amide bonds. The second-order valence-electron chi connectivity index (χ2n) is 6.10. The van der Waals surface area contributed by atoms with Gasteiger partial charge in [0.25, 0.3) is 5.91 Å². The molecule has 1 aliphatic heterocycles. The van der Waals surface area contributed by atoms with Crippen molar-refractivity contribution < 1.29 is 9.59 Å². The molecule has 4 heteroatoms. The van der Waals surface area contributed by atoms with Gasteiger partial charge in [-0.3, -0.25) is 14.5 Å². The van der Waals surface area contributed by atoms with Gasteiger partial charge >= 0.3 is 0 Å². The molecule has 114 valence electrons. The van der Waals surface area contributed by atoms with Gasteiger partial charge < -0.3 is 5.32 Å². The molecular formula is C17H24N2O2. The standard InChI is InChI=1S/C17H24N2O2/c1-6-12(4)15-17(21)19(13(5)16(20)18-15)14-8-10(2)7-11(3)9-14/h7-9,12-13,15H,6H2,1-5H3,(H,18,20). The van der Waals surface area contributed by atoms with Crippen molar-refractivity contribution in [3.8, 4) is 0 Å². The lowest BCUT2D eigenvalue weighted by Crippen LogP contribution is -2.64. The van der Waals surface area contributed by atoms with Crippen molar-refractivity contribution in [3.05, 3.63) is 29.3 Å². The third-order valence-corrected chi connectivity index (χ3v) is 4.27. The molecule has 0 bridgehead atoms. The number of hydrogen-bond donors (Lipinski definition) is 1. The van der Waals surface area contributed by atoms with Gasteiger partial charge in [0.2, 0.25) is 5.91 Å². The lowest BCUT2D eigenvalue weighted by Gasteiger charge is -2.39. The zero-order chi connectivity index (χ0) is 15.7. The number of piperazine rings is 1. The summed E-state index contributed by atoms with van der Waals surface area (Å²) in [5.41, 5.74) is 3.00. The molecule has 1 fully saturated rings. The smallest absolute Gasteiger partial charge is 0.250 e. The number of carbonyl (C=O) groups excluding carboxylic acids is 2. The van der Waals surface area contributed by atoms with Gasteiger partial charge in [0.05, 0.1) is 0 Å². The van der Waals surface area contributed by atoms with Gasteiger partial charge in [-0.2, -0.15) is 0 Å². The number of nitrogens with one attached hydrogen (secondary N) is 1. The van der Waals surface area contributed by atoms with E-state index in [1.165, 1.54) is 0 Å². The molecule has 1 N–H and O–H groups in total. The van der Waals surface area contributed by atoms with Crippen molar-refractivity contribution in [3.63, 3.8) is 0 Å². The molecule has 0 saturated carbocycles. The number of nitrogens with zero attached hydrogens (tertiary/aromatic N) is 1. The van der Waals surface area contributed by atoms with Crippen LogP contribution in [0.25, 0.3) is 0 Å². The Balaban J connectivity index is 2.43. The van der Waals surface area contributed by atoms with E-state index in [-0.39, 0.29) is 17.7 Å². The molecule has 21 heavy (non-hydrogen) atoms. The van der Waals surface area contributed by atoms with Crippen LogP contribution in [0.2, 0.25) is 0 Å². The van der Waals surface area contributed by atoms with Crippen LogP contribution in [0, 0.1) is 19.8 Å². The number of rotatable bonds is 3. The molecule has 1 aromatic rings. The minimum absolute atomic E-state index is 0.0125. The van der Waals surface area contributed by atoms with Gasteiger partial charge in [0.1, 0.15) is 12.1 Å². The lowest BCUT2D eigenvalue weighted by molar-refractivity contribution is -0.134. The maximum atomic E-state index is 12.8. The van der Waals surface area contributed by atoms with Crippen LogP contribution in [0.5, 0.6) is 0 Å². The second kappa shape index (κ2) is 5.88. The Kier molecular flexibility index (Phi) is 4.35. The normalized spacial score (nSPS) is 24.0. The average Bonchev–Trinajstić information content (AvgIpc) is 2.41. The van der Waals surface area contributed by atoms with Crippen LogP contribution in [0.4, 0.5) is 5.69 Å². The highest BCUT2D eigenvalue weighted by Gasteiger charge is 2.40. The first-order valence-corrected chi connectivity index (χ1v) is 7.57. The van der Waals surface area contributed by atoms with E-state index in [1.54, 1.807) is 11.8 Å². The second-order valence-corrected chi connectivity index (χ2v) is 6.10.